The van der Waals surface area contributed by atoms with E-state index >= 15 is 0 Å². The lowest BCUT2D eigenvalue weighted by Crippen LogP contribution is -2.45. The molecule has 1 aromatic rings. The quantitative estimate of drug-likeness (QED) is 0.737. The number of hydrogen-bond acceptors (Lipinski definition) is 2. The molecule has 3 saturated heterocycles. The lowest BCUT2D eigenvalue weighted by atomic mass is 9.84. The van der Waals surface area contributed by atoms with Crippen molar-refractivity contribution in [1.29, 1.82) is 0 Å². The van der Waals surface area contributed by atoms with Gasteiger partial charge in [0.2, 0.25) is 0 Å². The van der Waals surface area contributed by atoms with E-state index in [2.05, 4.69) is 4.90 Å². The molecule has 3 aliphatic heterocycles. The van der Waals surface area contributed by atoms with Crippen molar-refractivity contribution >= 4 is 35.9 Å². The number of carbonyl (C=O) groups is 1. The van der Waals surface area contributed by atoms with Crippen molar-refractivity contribution in [2.45, 2.75) is 12.8 Å². The molecule has 0 aromatic heterocycles. The molecule has 0 aliphatic carbocycles. The predicted octanol–water partition coefficient (Wildman–Crippen LogP) is 3.40. The summed E-state index contributed by atoms with van der Waals surface area (Å²) >= 11 is 6.12. The van der Waals surface area contributed by atoms with E-state index in [0.717, 1.165) is 37.2 Å². The minimum Gasteiger partial charge on any atom is -0.369 e. The first-order valence-corrected chi connectivity index (χ1v) is 6.39. The summed E-state index contributed by atoms with van der Waals surface area (Å²) in [5.41, 5.74) is 1.78. The number of nitrogens with zero attached hydrogens (tertiary/aromatic N) is 1. The maximum absolute atomic E-state index is 12.1. The van der Waals surface area contributed by atoms with Crippen LogP contribution in [0.1, 0.15) is 18.4 Å². The largest absolute Gasteiger partial charge is 0.369 e. The van der Waals surface area contributed by atoms with Crippen LogP contribution in [0.3, 0.4) is 0 Å². The highest BCUT2D eigenvalue weighted by Crippen LogP contribution is 2.33. The molecule has 1 aromatic carbocycles. The molecule has 0 unspecified atom stereocenters. The van der Waals surface area contributed by atoms with E-state index in [4.69, 9.17) is 11.6 Å². The Morgan fingerprint density at radius 2 is 1.89 bits per heavy atom. The topological polar surface area (TPSA) is 20.3 Å². The summed E-state index contributed by atoms with van der Waals surface area (Å²) in [5, 5.41) is 0.704. The number of Topliss-reactive ketones (excluding diaryl/α,β-unsaturated/α-hetero) is 1. The number of piperidine rings is 3. The number of fused-ring (bicyclic) bond motifs is 3. The molecule has 96 valence electrons. The minimum atomic E-state index is 0. The van der Waals surface area contributed by atoms with Gasteiger partial charge in [0.1, 0.15) is 0 Å². The van der Waals surface area contributed by atoms with Gasteiger partial charge in [-0.15, -0.1) is 12.4 Å². The van der Waals surface area contributed by atoms with Crippen molar-refractivity contribution in [2.24, 2.45) is 5.92 Å². The summed E-state index contributed by atoms with van der Waals surface area (Å²) in [4.78, 5) is 14.3. The van der Waals surface area contributed by atoms with E-state index in [1.54, 1.807) is 0 Å². The molecule has 2 nitrogen and oxygen atoms in total. The summed E-state index contributed by atoms with van der Waals surface area (Å²) in [5.74, 6) is 0.538. The molecule has 0 N–H and O–H groups in total. The van der Waals surface area contributed by atoms with E-state index in [-0.39, 0.29) is 18.3 Å². The standard InChI is InChI=1S/C14H14ClNO.ClH/c15-12-4-2-1-3-11(12)9-13-14(17)10-5-7-16(13)8-6-10;/h1-4,9-10H,5-8H2;1H/b13-9+;. The molecule has 3 fully saturated rings. The molecule has 4 heteroatoms. The number of carbonyl (C=O) groups excluding carboxylic acids is 1. The predicted molar refractivity (Wildman–Crippen MR) is 76.0 cm³/mol. The van der Waals surface area contributed by atoms with E-state index in [1.165, 1.54) is 0 Å². The van der Waals surface area contributed by atoms with Crippen LogP contribution in [0.4, 0.5) is 0 Å². The number of allylic oxidation sites excluding steroid dienone is 1. The fourth-order valence-electron chi connectivity index (χ4n) is 2.65. The Kier molecular flexibility index (Phi) is 3.98. The van der Waals surface area contributed by atoms with Gasteiger partial charge in [0, 0.05) is 24.0 Å². The molecule has 4 rings (SSSR count). The van der Waals surface area contributed by atoms with Gasteiger partial charge in [0.25, 0.3) is 0 Å². The fraction of sp³-hybridized carbons (Fsp3) is 0.357. The molecule has 2 bridgehead atoms. The lowest BCUT2D eigenvalue weighted by Gasteiger charge is -2.41. The third-order valence-electron chi connectivity index (χ3n) is 3.66. The zero-order valence-corrected chi connectivity index (χ0v) is 11.5. The average Bonchev–Trinajstić information content (AvgIpc) is 2.36. The van der Waals surface area contributed by atoms with Gasteiger partial charge in [0.15, 0.2) is 5.78 Å². The van der Waals surface area contributed by atoms with Gasteiger partial charge in [-0.1, -0.05) is 29.8 Å². The van der Waals surface area contributed by atoms with Crippen LogP contribution in [0.2, 0.25) is 5.02 Å². The monoisotopic (exact) mass is 283 g/mol. The van der Waals surface area contributed by atoms with Crippen molar-refractivity contribution in [3.05, 3.63) is 40.5 Å². The van der Waals surface area contributed by atoms with Crippen LogP contribution in [0.25, 0.3) is 6.08 Å². The van der Waals surface area contributed by atoms with Crippen molar-refractivity contribution < 1.29 is 4.79 Å². The smallest absolute Gasteiger partial charge is 0.182 e. The molecule has 0 amide bonds. The van der Waals surface area contributed by atoms with Crippen LogP contribution in [-0.4, -0.2) is 23.8 Å². The normalized spacial score (nSPS) is 21.3. The van der Waals surface area contributed by atoms with Gasteiger partial charge in [-0.05, 0) is 30.5 Å². The van der Waals surface area contributed by atoms with Crippen LogP contribution < -0.4 is 0 Å². The molecule has 0 spiro atoms. The van der Waals surface area contributed by atoms with Crippen LogP contribution in [-0.2, 0) is 4.79 Å². The number of hydrogen-bond donors (Lipinski definition) is 0. The molecule has 18 heavy (non-hydrogen) atoms. The Hall–Kier alpha value is -0.990. The van der Waals surface area contributed by atoms with E-state index in [1.807, 2.05) is 30.3 Å². The summed E-state index contributed by atoms with van der Waals surface area (Å²) in [6, 6.07) is 7.65. The third-order valence-corrected chi connectivity index (χ3v) is 4.00. The van der Waals surface area contributed by atoms with Crippen LogP contribution >= 0.6 is 24.0 Å². The number of ketones is 1. The van der Waals surface area contributed by atoms with Gasteiger partial charge in [-0.2, -0.15) is 0 Å². The fourth-order valence-corrected chi connectivity index (χ4v) is 2.84. The van der Waals surface area contributed by atoms with Crippen LogP contribution in [0.15, 0.2) is 30.0 Å². The van der Waals surface area contributed by atoms with Gasteiger partial charge in [-0.3, -0.25) is 4.79 Å². The summed E-state index contributed by atoms with van der Waals surface area (Å²) in [7, 11) is 0. The highest BCUT2D eigenvalue weighted by atomic mass is 35.5. The van der Waals surface area contributed by atoms with Gasteiger partial charge in [-0.25, -0.2) is 0 Å². The molecular formula is C14H15Cl2NO. The molecule has 0 saturated carbocycles. The van der Waals surface area contributed by atoms with Crippen molar-refractivity contribution in [1.82, 2.24) is 4.90 Å². The van der Waals surface area contributed by atoms with Crippen molar-refractivity contribution in [2.75, 3.05) is 13.1 Å². The lowest BCUT2D eigenvalue weighted by molar-refractivity contribution is -0.125. The Labute approximate surface area is 118 Å². The van der Waals surface area contributed by atoms with E-state index in [9.17, 15) is 4.79 Å². The SMILES string of the molecule is Cl.O=C1/C(=C\c2ccccc2Cl)N2CCC1CC2. The van der Waals surface area contributed by atoms with Gasteiger partial charge in [0.05, 0.1) is 5.70 Å². The zero-order valence-electron chi connectivity index (χ0n) is 9.93. The second kappa shape index (κ2) is 5.33. The van der Waals surface area contributed by atoms with Gasteiger partial charge >= 0.3 is 0 Å². The van der Waals surface area contributed by atoms with Gasteiger partial charge < -0.3 is 4.90 Å². The second-order valence-electron chi connectivity index (χ2n) is 4.68. The highest BCUT2D eigenvalue weighted by Gasteiger charge is 2.36. The number of rotatable bonds is 1. The summed E-state index contributed by atoms with van der Waals surface area (Å²) in [6.45, 7) is 2.01. The molecular weight excluding hydrogens is 269 g/mol. The van der Waals surface area contributed by atoms with Crippen LogP contribution in [0.5, 0.6) is 0 Å². The first-order chi connectivity index (χ1) is 8.25. The number of benzene rings is 1. The Morgan fingerprint density at radius 1 is 1.22 bits per heavy atom. The third kappa shape index (κ3) is 2.27. The average molecular weight is 284 g/mol. The Morgan fingerprint density at radius 3 is 2.50 bits per heavy atom. The Bertz CT molecular complexity index is 490. The van der Waals surface area contributed by atoms with Crippen LogP contribution in [0, 0.1) is 5.92 Å². The van der Waals surface area contributed by atoms with Crippen molar-refractivity contribution in [3.63, 3.8) is 0 Å². The summed E-state index contributed by atoms with van der Waals surface area (Å²) < 4.78 is 0. The maximum atomic E-state index is 12.1. The van der Waals surface area contributed by atoms with Crippen molar-refractivity contribution in [3.8, 4) is 0 Å². The molecule has 0 radical (unpaired) electrons. The first kappa shape index (κ1) is 13.4. The zero-order chi connectivity index (χ0) is 11.8. The second-order valence-corrected chi connectivity index (χ2v) is 5.08. The first-order valence-electron chi connectivity index (χ1n) is 6.01. The minimum absolute atomic E-state index is 0. The highest BCUT2D eigenvalue weighted by molar-refractivity contribution is 6.32. The van der Waals surface area contributed by atoms with E-state index in [0.29, 0.717) is 10.8 Å². The molecule has 3 heterocycles. The van der Waals surface area contributed by atoms with E-state index < -0.39 is 0 Å². The maximum Gasteiger partial charge on any atom is 0.182 e. The molecule has 0 atom stereocenters. The Balaban J connectivity index is 0.00000120. The number of halogens is 2. The molecule has 3 aliphatic rings. The summed E-state index contributed by atoms with van der Waals surface area (Å²) in [6.07, 6.45) is 3.97.